The molecule has 1 N–H and O–H groups in total. The Kier molecular flexibility index (Phi) is 5.74. The van der Waals surface area contributed by atoms with Gasteiger partial charge in [-0.2, -0.15) is 0 Å². The summed E-state index contributed by atoms with van der Waals surface area (Å²) in [6.07, 6.45) is -1.17. The molecule has 23 heavy (non-hydrogen) atoms. The van der Waals surface area contributed by atoms with Gasteiger partial charge in [0.05, 0.1) is 11.5 Å². The van der Waals surface area contributed by atoms with E-state index in [2.05, 4.69) is 0 Å². The molecule has 1 atom stereocenters. The lowest BCUT2D eigenvalue weighted by molar-refractivity contribution is 0.125. The number of rotatable bonds is 7. The highest BCUT2D eigenvalue weighted by Crippen LogP contribution is 2.14. The Bertz CT molecular complexity index is 741. The second-order valence-corrected chi connectivity index (χ2v) is 7.53. The van der Waals surface area contributed by atoms with Crippen LogP contribution in [0.15, 0.2) is 48.5 Å². The summed E-state index contributed by atoms with van der Waals surface area (Å²) in [5.74, 6) is -0.934. The van der Waals surface area contributed by atoms with Crippen LogP contribution >= 0.6 is 0 Å². The van der Waals surface area contributed by atoms with Crippen molar-refractivity contribution in [3.63, 3.8) is 0 Å². The molecule has 0 bridgehead atoms. The molecule has 0 heterocycles. The van der Waals surface area contributed by atoms with E-state index in [0.717, 1.165) is 5.56 Å². The standard InChI is InChI=1S/C17H19FO4S/c1-13-6-8-16(9-7-13)22-10-15(19)12-23(20,21)11-14-4-2-3-5-17(14)18/h2-9,15,19H,10-12H2,1H3. The minimum absolute atomic E-state index is 0.0964. The van der Waals surface area contributed by atoms with E-state index in [1.807, 2.05) is 19.1 Å². The molecule has 0 aliphatic heterocycles. The van der Waals surface area contributed by atoms with E-state index in [1.54, 1.807) is 18.2 Å². The molecular weight excluding hydrogens is 319 g/mol. The van der Waals surface area contributed by atoms with E-state index in [4.69, 9.17) is 4.74 Å². The van der Waals surface area contributed by atoms with Gasteiger partial charge in [-0.3, -0.25) is 0 Å². The van der Waals surface area contributed by atoms with Crippen molar-refractivity contribution in [2.75, 3.05) is 12.4 Å². The van der Waals surface area contributed by atoms with E-state index in [0.29, 0.717) is 5.75 Å². The molecule has 0 amide bonds. The van der Waals surface area contributed by atoms with Crippen molar-refractivity contribution in [2.24, 2.45) is 0 Å². The molecule has 6 heteroatoms. The van der Waals surface area contributed by atoms with Crippen molar-refractivity contribution in [3.8, 4) is 5.75 Å². The Morgan fingerprint density at radius 1 is 1.13 bits per heavy atom. The summed E-state index contributed by atoms with van der Waals surface area (Å²) in [6, 6.07) is 12.9. The normalized spacial score (nSPS) is 12.8. The van der Waals surface area contributed by atoms with Crippen LogP contribution < -0.4 is 4.74 Å². The van der Waals surface area contributed by atoms with Crippen LogP contribution in [0.25, 0.3) is 0 Å². The molecular formula is C17H19FO4S. The Labute approximate surface area is 135 Å². The molecule has 0 saturated carbocycles. The Morgan fingerprint density at radius 2 is 1.78 bits per heavy atom. The van der Waals surface area contributed by atoms with Crippen LogP contribution in [0.1, 0.15) is 11.1 Å². The predicted octanol–water partition coefficient (Wildman–Crippen LogP) is 2.49. The maximum absolute atomic E-state index is 13.5. The fourth-order valence-electron chi connectivity index (χ4n) is 2.08. The average molecular weight is 338 g/mol. The molecule has 0 radical (unpaired) electrons. The zero-order valence-corrected chi connectivity index (χ0v) is 13.6. The zero-order chi connectivity index (χ0) is 16.9. The van der Waals surface area contributed by atoms with E-state index in [1.165, 1.54) is 18.2 Å². The fraction of sp³-hybridized carbons (Fsp3) is 0.294. The van der Waals surface area contributed by atoms with E-state index >= 15 is 0 Å². The summed E-state index contributed by atoms with van der Waals surface area (Å²) in [7, 11) is -3.64. The largest absolute Gasteiger partial charge is 0.491 e. The fourth-order valence-corrected chi connectivity index (χ4v) is 3.59. The summed E-state index contributed by atoms with van der Waals surface area (Å²) in [5, 5.41) is 9.85. The summed E-state index contributed by atoms with van der Waals surface area (Å²) >= 11 is 0. The van der Waals surface area contributed by atoms with Crippen molar-refractivity contribution in [3.05, 3.63) is 65.5 Å². The average Bonchev–Trinajstić information content (AvgIpc) is 2.48. The number of ether oxygens (including phenoxy) is 1. The summed E-state index contributed by atoms with van der Waals surface area (Å²) in [4.78, 5) is 0. The Balaban J connectivity index is 1.89. The quantitative estimate of drug-likeness (QED) is 0.842. The van der Waals surface area contributed by atoms with Gasteiger partial charge in [0.2, 0.25) is 0 Å². The topological polar surface area (TPSA) is 63.6 Å². The Hall–Kier alpha value is -1.92. The maximum Gasteiger partial charge on any atom is 0.157 e. The molecule has 0 fully saturated rings. The first-order valence-electron chi connectivity index (χ1n) is 7.17. The van der Waals surface area contributed by atoms with Gasteiger partial charge in [0.1, 0.15) is 24.3 Å². The molecule has 2 aromatic carbocycles. The van der Waals surface area contributed by atoms with Crippen molar-refractivity contribution < 1.29 is 22.7 Å². The van der Waals surface area contributed by atoms with Gasteiger partial charge in [0, 0.05) is 5.56 Å². The first kappa shape index (κ1) is 17.4. The van der Waals surface area contributed by atoms with E-state index in [-0.39, 0.29) is 12.2 Å². The number of aliphatic hydroxyl groups excluding tert-OH is 1. The van der Waals surface area contributed by atoms with Crippen LogP contribution in [0.2, 0.25) is 0 Å². The van der Waals surface area contributed by atoms with E-state index < -0.39 is 33.3 Å². The van der Waals surface area contributed by atoms with Crippen LogP contribution in [0.3, 0.4) is 0 Å². The lowest BCUT2D eigenvalue weighted by Crippen LogP contribution is -2.28. The number of hydrogen-bond acceptors (Lipinski definition) is 4. The number of halogens is 1. The number of hydrogen-bond donors (Lipinski definition) is 1. The van der Waals surface area contributed by atoms with Gasteiger partial charge in [-0.05, 0) is 25.1 Å². The third kappa shape index (κ3) is 5.65. The van der Waals surface area contributed by atoms with Crippen molar-refractivity contribution in [1.82, 2.24) is 0 Å². The number of aryl methyl sites for hydroxylation is 1. The third-order valence-corrected chi connectivity index (χ3v) is 4.89. The maximum atomic E-state index is 13.5. The molecule has 2 rings (SSSR count). The van der Waals surface area contributed by atoms with Gasteiger partial charge in [-0.15, -0.1) is 0 Å². The van der Waals surface area contributed by atoms with Crippen molar-refractivity contribution in [2.45, 2.75) is 18.8 Å². The molecule has 0 aliphatic rings. The lowest BCUT2D eigenvalue weighted by Gasteiger charge is -2.13. The highest BCUT2D eigenvalue weighted by Gasteiger charge is 2.20. The van der Waals surface area contributed by atoms with Gasteiger partial charge in [-0.25, -0.2) is 12.8 Å². The lowest BCUT2D eigenvalue weighted by atomic mass is 10.2. The Morgan fingerprint density at radius 3 is 2.43 bits per heavy atom. The van der Waals surface area contributed by atoms with Crippen molar-refractivity contribution >= 4 is 9.84 Å². The highest BCUT2D eigenvalue weighted by molar-refractivity contribution is 7.90. The summed E-state index contributed by atoms with van der Waals surface area (Å²) in [5.41, 5.74) is 1.17. The second-order valence-electron chi connectivity index (χ2n) is 5.42. The minimum atomic E-state index is -3.64. The first-order chi connectivity index (χ1) is 10.9. The zero-order valence-electron chi connectivity index (χ0n) is 12.8. The summed E-state index contributed by atoms with van der Waals surface area (Å²) < 4.78 is 42.9. The molecule has 4 nitrogen and oxygen atoms in total. The van der Waals surface area contributed by atoms with Crippen molar-refractivity contribution in [1.29, 1.82) is 0 Å². The number of sulfone groups is 1. The third-order valence-electron chi connectivity index (χ3n) is 3.24. The monoisotopic (exact) mass is 338 g/mol. The van der Waals surface area contributed by atoms with Gasteiger partial charge in [0.25, 0.3) is 0 Å². The van der Waals surface area contributed by atoms with Gasteiger partial charge >= 0.3 is 0 Å². The molecule has 2 aromatic rings. The van der Waals surface area contributed by atoms with Crippen LogP contribution in [-0.2, 0) is 15.6 Å². The molecule has 1 unspecified atom stereocenters. The van der Waals surface area contributed by atoms with Gasteiger partial charge in [-0.1, -0.05) is 35.9 Å². The van der Waals surface area contributed by atoms with Gasteiger partial charge < -0.3 is 9.84 Å². The second kappa shape index (κ2) is 7.57. The molecule has 0 aromatic heterocycles. The number of benzene rings is 2. The SMILES string of the molecule is Cc1ccc(OCC(O)CS(=O)(=O)Cc2ccccc2F)cc1. The van der Waals surface area contributed by atoms with Crippen LogP contribution in [0.5, 0.6) is 5.75 Å². The van der Waals surface area contributed by atoms with Crippen LogP contribution in [0, 0.1) is 12.7 Å². The predicted molar refractivity (Wildman–Crippen MR) is 86.6 cm³/mol. The van der Waals surface area contributed by atoms with Crippen LogP contribution in [-0.4, -0.2) is 32.0 Å². The summed E-state index contributed by atoms with van der Waals surface area (Å²) in [6.45, 7) is 1.80. The van der Waals surface area contributed by atoms with Gasteiger partial charge in [0.15, 0.2) is 9.84 Å². The van der Waals surface area contributed by atoms with Crippen LogP contribution in [0.4, 0.5) is 4.39 Å². The highest BCUT2D eigenvalue weighted by atomic mass is 32.2. The first-order valence-corrected chi connectivity index (χ1v) is 8.99. The minimum Gasteiger partial charge on any atom is -0.491 e. The van der Waals surface area contributed by atoms with E-state index in [9.17, 15) is 17.9 Å². The molecule has 124 valence electrons. The molecule has 0 saturated heterocycles. The number of aliphatic hydroxyl groups is 1. The molecule has 0 spiro atoms. The molecule has 0 aliphatic carbocycles. The smallest absolute Gasteiger partial charge is 0.157 e.